The molecule has 0 aliphatic rings. The van der Waals surface area contributed by atoms with Gasteiger partial charge in [-0.25, -0.2) is 0 Å². The fourth-order valence-electron chi connectivity index (χ4n) is 0.893. The van der Waals surface area contributed by atoms with E-state index in [1.54, 1.807) is 7.05 Å². The van der Waals surface area contributed by atoms with Crippen LogP contribution in [-0.4, -0.2) is 93.2 Å². The second-order valence-corrected chi connectivity index (χ2v) is 2.86. The number of likely N-dealkylation sites (N-methyl/N-ethyl adjacent to an activating group) is 1. The van der Waals surface area contributed by atoms with Gasteiger partial charge in [0.2, 0.25) is 0 Å². The molecule has 6 N–H and O–H groups in total. The summed E-state index contributed by atoms with van der Waals surface area (Å²) in [5.74, 6) is 0. The molecule has 14 heavy (non-hydrogen) atoms. The Balaban J connectivity index is -0.000000240. The van der Waals surface area contributed by atoms with Crippen molar-refractivity contribution in [3.05, 3.63) is 0 Å². The van der Waals surface area contributed by atoms with Gasteiger partial charge in [-0.1, -0.05) is 0 Å². The van der Waals surface area contributed by atoms with E-state index in [0.717, 1.165) is 0 Å². The molecule has 0 rings (SSSR count). The molecule has 0 aliphatic carbocycles. The van der Waals surface area contributed by atoms with Crippen LogP contribution in [-0.2, 0) is 0 Å². The third kappa shape index (κ3) is 5.42. The van der Waals surface area contributed by atoms with Gasteiger partial charge in [0.05, 0.1) is 12.7 Å². The summed E-state index contributed by atoms with van der Waals surface area (Å²) in [6.07, 6.45) is -5.65. The molecule has 0 spiro atoms. The number of rotatable bonds is 6. The molecule has 0 unspecified atom stereocenters. The Hall–Kier alpha value is 0.526. The van der Waals surface area contributed by atoms with Crippen LogP contribution < -0.4 is 5.32 Å². The standard InChI is InChI=1S/C7H17NO5.Mg.2H/c1-8-2-4(10)6(12)7(13)5(11)3-9;;;/h4-13H,2-3H2,1H3;;;/q;+2;2*-1/t4-,5+,6+,7+;;;/m0.../s1. The van der Waals surface area contributed by atoms with E-state index in [0.29, 0.717) is 0 Å². The summed E-state index contributed by atoms with van der Waals surface area (Å²) in [7, 11) is 1.57. The van der Waals surface area contributed by atoms with Crippen molar-refractivity contribution in [3.63, 3.8) is 0 Å². The summed E-state index contributed by atoms with van der Waals surface area (Å²) in [4.78, 5) is 0. The molecule has 0 amide bonds. The summed E-state index contributed by atoms with van der Waals surface area (Å²) in [5, 5.41) is 47.5. The molecule has 7 heteroatoms. The number of hydrogen-bond donors (Lipinski definition) is 6. The zero-order chi connectivity index (χ0) is 10.4. The van der Waals surface area contributed by atoms with Crippen LogP contribution in [0.4, 0.5) is 0 Å². The maximum atomic E-state index is 9.21. The van der Waals surface area contributed by atoms with Gasteiger partial charge in [0.15, 0.2) is 0 Å². The van der Waals surface area contributed by atoms with Gasteiger partial charge in [-0.15, -0.1) is 0 Å². The average Bonchev–Trinajstić information content (AvgIpc) is 2.14. The van der Waals surface area contributed by atoms with Crippen molar-refractivity contribution in [1.82, 2.24) is 5.32 Å². The van der Waals surface area contributed by atoms with Crippen molar-refractivity contribution in [3.8, 4) is 0 Å². The van der Waals surface area contributed by atoms with Crippen LogP contribution in [0.3, 0.4) is 0 Å². The maximum absolute atomic E-state index is 9.21. The largest absolute Gasteiger partial charge is 2.00 e. The van der Waals surface area contributed by atoms with Crippen molar-refractivity contribution in [2.45, 2.75) is 24.4 Å². The molecule has 0 saturated carbocycles. The number of nitrogens with one attached hydrogen (secondary N) is 1. The van der Waals surface area contributed by atoms with Crippen molar-refractivity contribution in [2.75, 3.05) is 20.2 Å². The Bertz CT molecular complexity index is 148. The fourth-order valence-corrected chi connectivity index (χ4v) is 0.893. The third-order valence-corrected chi connectivity index (χ3v) is 1.74. The zero-order valence-electron chi connectivity index (χ0n) is 10.2. The molecule has 0 aliphatic heterocycles. The summed E-state index contributed by atoms with van der Waals surface area (Å²) >= 11 is 0. The van der Waals surface area contributed by atoms with E-state index in [1.807, 2.05) is 0 Å². The molecule has 0 bridgehead atoms. The first kappa shape index (κ1) is 16.9. The molecule has 0 radical (unpaired) electrons. The van der Waals surface area contributed by atoms with E-state index in [2.05, 4.69) is 5.32 Å². The Morgan fingerprint density at radius 3 is 1.86 bits per heavy atom. The smallest absolute Gasteiger partial charge is 1.00 e. The SMILES string of the molecule is CNC[C@H](O)[C@@H](O)[C@H](O)[C@H](O)CO.[H-].[H-].[Mg+2]. The minimum atomic E-state index is -1.55. The molecule has 0 aromatic heterocycles. The molecule has 0 heterocycles. The number of aliphatic hydroxyl groups excluding tert-OH is 5. The predicted molar refractivity (Wildman–Crippen MR) is 53.0 cm³/mol. The summed E-state index contributed by atoms with van der Waals surface area (Å²) < 4.78 is 0. The van der Waals surface area contributed by atoms with E-state index in [1.165, 1.54) is 0 Å². The van der Waals surface area contributed by atoms with Crippen molar-refractivity contribution in [2.24, 2.45) is 0 Å². The van der Waals surface area contributed by atoms with Gasteiger partial charge in [0, 0.05) is 6.54 Å². The maximum Gasteiger partial charge on any atom is 2.00 e. The van der Waals surface area contributed by atoms with E-state index >= 15 is 0 Å². The monoisotopic (exact) mass is 221 g/mol. The van der Waals surface area contributed by atoms with Crippen LogP contribution in [0.5, 0.6) is 0 Å². The van der Waals surface area contributed by atoms with Crippen molar-refractivity contribution in [1.29, 1.82) is 0 Å². The second kappa shape index (κ2) is 8.80. The molecule has 6 nitrogen and oxygen atoms in total. The van der Waals surface area contributed by atoms with E-state index in [4.69, 9.17) is 20.4 Å². The van der Waals surface area contributed by atoms with Gasteiger partial charge >= 0.3 is 23.1 Å². The van der Waals surface area contributed by atoms with E-state index in [-0.39, 0.29) is 32.5 Å². The number of aliphatic hydroxyl groups is 5. The van der Waals surface area contributed by atoms with Crippen molar-refractivity contribution < 1.29 is 28.4 Å². The first-order valence-electron chi connectivity index (χ1n) is 4.02. The predicted octanol–water partition coefficient (Wildman–Crippen LogP) is -3.51. The molecule has 0 saturated heterocycles. The van der Waals surface area contributed by atoms with E-state index in [9.17, 15) is 5.11 Å². The fraction of sp³-hybridized carbons (Fsp3) is 1.00. The number of hydrogen-bond acceptors (Lipinski definition) is 6. The van der Waals surface area contributed by atoms with Crippen LogP contribution >= 0.6 is 0 Å². The van der Waals surface area contributed by atoms with Crippen LogP contribution in [0.15, 0.2) is 0 Å². The first-order chi connectivity index (χ1) is 6.04. The topological polar surface area (TPSA) is 113 Å². The summed E-state index contributed by atoms with van der Waals surface area (Å²) in [5.41, 5.74) is 0. The quantitative estimate of drug-likeness (QED) is 0.259. The molecule has 4 atom stereocenters. The summed E-state index contributed by atoms with van der Waals surface area (Å²) in [6, 6.07) is 0. The molecular formula is C7H19MgNO5. The van der Waals surface area contributed by atoms with Crippen molar-refractivity contribution >= 4 is 23.1 Å². The molecule has 0 fully saturated rings. The normalized spacial score (nSPS) is 19.3. The summed E-state index contributed by atoms with van der Waals surface area (Å²) in [6.45, 7) is -0.569. The molecule has 0 aromatic rings. The van der Waals surface area contributed by atoms with Gasteiger partial charge in [0.1, 0.15) is 18.3 Å². The van der Waals surface area contributed by atoms with Gasteiger partial charge < -0.3 is 33.7 Å². The Morgan fingerprint density at radius 2 is 1.50 bits per heavy atom. The second-order valence-electron chi connectivity index (χ2n) is 2.86. The molecule has 0 aromatic carbocycles. The van der Waals surface area contributed by atoms with Crippen LogP contribution in [0.25, 0.3) is 0 Å². The Morgan fingerprint density at radius 1 is 1.07 bits per heavy atom. The van der Waals surface area contributed by atoms with Gasteiger partial charge in [0.25, 0.3) is 0 Å². The average molecular weight is 222 g/mol. The molecule has 84 valence electrons. The Kier molecular flexibility index (Phi) is 10.7. The van der Waals surface area contributed by atoms with E-state index < -0.39 is 31.0 Å². The van der Waals surface area contributed by atoms with Crippen LogP contribution in [0, 0.1) is 0 Å². The minimum absolute atomic E-state index is 0. The minimum Gasteiger partial charge on any atom is -1.00 e. The van der Waals surface area contributed by atoms with Crippen LogP contribution in [0.2, 0.25) is 0 Å². The third-order valence-electron chi connectivity index (χ3n) is 1.74. The zero-order valence-corrected chi connectivity index (χ0v) is 9.58. The van der Waals surface area contributed by atoms with Crippen LogP contribution in [0.1, 0.15) is 2.85 Å². The van der Waals surface area contributed by atoms with Gasteiger partial charge in [-0.05, 0) is 7.05 Å². The van der Waals surface area contributed by atoms with Gasteiger partial charge in [-0.2, -0.15) is 0 Å². The van der Waals surface area contributed by atoms with Gasteiger partial charge in [-0.3, -0.25) is 0 Å². The Labute approximate surface area is 102 Å². The molecular weight excluding hydrogens is 202 g/mol. The first-order valence-corrected chi connectivity index (χ1v) is 4.02.